The van der Waals surface area contributed by atoms with Gasteiger partial charge in [-0.05, 0) is 36.0 Å². The van der Waals surface area contributed by atoms with Crippen molar-refractivity contribution in [3.05, 3.63) is 0 Å². The van der Waals surface area contributed by atoms with E-state index in [4.69, 9.17) is 5.11 Å². The minimum absolute atomic E-state index is 0.0720. The van der Waals surface area contributed by atoms with Gasteiger partial charge in [-0.3, -0.25) is 0 Å². The average Bonchev–Trinajstić information content (AvgIpc) is 2.47. The van der Waals surface area contributed by atoms with E-state index in [2.05, 4.69) is 20.8 Å². The van der Waals surface area contributed by atoms with Crippen LogP contribution in [0.1, 0.15) is 40.0 Å². The minimum Gasteiger partial charge on any atom is -0.480 e. The number of carbonyl (C=O) groups is 2. The van der Waals surface area contributed by atoms with Crippen molar-refractivity contribution < 1.29 is 14.7 Å². The third kappa shape index (κ3) is 1.68. The van der Waals surface area contributed by atoms with Crippen LogP contribution in [0.5, 0.6) is 0 Å². The van der Waals surface area contributed by atoms with Gasteiger partial charge in [0.05, 0.1) is 0 Å². The molecule has 0 spiro atoms. The lowest BCUT2D eigenvalue weighted by Gasteiger charge is -2.52. The molecule has 0 aromatic carbocycles. The topological polar surface area (TPSA) is 60.9 Å². The second kappa shape index (κ2) is 4.12. The van der Waals surface area contributed by atoms with E-state index >= 15 is 0 Å². The van der Waals surface area contributed by atoms with Gasteiger partial charge in [-0.2, -0.15) is 0 Å². The number of carboxylic acid groups (broad SMARTS) is 1. The molecule has 1 aliphatic carbocycles. The Kier molecular flexibility index (Phi) is 2.82. The highest BCUT2D eigenvalue weighted by molar-refractivity contribution is 5.84. The first-order valence-electron chi connectivity index (χ1n) is 7.55. The van der Waals surface area contributed by atoms with E-state index in [1.165, 1.54) is 11.3 Å². The quantitative estimate of drug-likeness (QED) is 0.799. The van der Waals surface area contributed by atoms with Gasteiger partial charge < -0.3 is 14.9 Å². The molecule has 1 saturated carbocycles. The fraction of sp³-hybridized carbons (Fsp3) is 0.867. The van der Waals surface area contributed by atoms with Crippen molar-refractivity contribution in [2.75, 3.05) is 19.6 Å². The molecule has 2 bridgehead atoms. The third-order valence-corrected chi connectivity index (χ3v) is 6.42. The van der Waals surface area contributed by atoms with Crippen LogP contribution < -0.4 is 0 Å². The molecular weight excluding hydrogens is 256 g/mol. The molecular formula is C15H24N2O3. The monoisotopic (exact) mass is 280 g/mol. The molecule has 20 heavy (non-hydrogen) atoms. The number of fused-ring (bicyclic) bond motifs is 2. The van der Waals surface area contributed by atoms with Crippen LogP contribution in [0.2, 0.25) is 0 Å². The zero-order chi connectivity index (χ0) is 14.7. The Bertz CT molecular complexity index is 462. The number of rotatable bonds is 1. The molecule has 2 amide bonds. The Balaban J connectivity index is 1.74. The summed E-state index contributed by atoms with van der Waals surface area (Å²) in [7, 11) is 0. The van der Waals surface area contributed by atoms with Crippen molar-refractivity contribution in [1.29, 1.82) is 0 Å². The SMILES string of the molecule is CC1(C)[C@@H]2CC[C@@]1(C)CN(C(=O)N1CCC1C(=O)O)C2. The lowest BCUT2D eigenvalue weighted by molar-refractivity contribution is -0.146. The fourth-order valence-corrected chi connectivity index (χ4v) is 4.22. The van der Waals surface area contributed by atoms with Gasteiger partial charge in [0, 0.05) is 19.6 Å². The number of hydrogen-bond acceptors (Lipinski definition) is 2. The van der Waals surface area contributed by atoms with Gasteiger partial charge in [0.2, 0.25) is 0 Å². The normalized spacial score (nSPS) is 38.5. The Morgan fingerprint density at radius 2 is 1.90 bits per heavy atom. The van der Waals surface area contributed by atoms with Crippen molar-refractivity contribution in [2.45, 2.75) is 46.1 Å². The number of aliphatic carboxylic acids is 1. The second-order valence-corrected chi connectivity index (χ2v) is 7.52. The van der Waals surface area contributed by atoms with Gasteiger partial charge in [-0.25, -0.2) is 9.59 Å². The van der Waals surface area contributed by atoms with Crippen LogP contribution in [-0.2, 0) is 4.79 Å². The molecule has 3 aliphatic rings. The Morgan fingerprint density at radius 3 is 2.40 bits per heavy atom. The summed E-state index contributed by atoms with van der Waals surface area (Å²) in [6.45, 7) is 9.03. The number of carboxylic acids is 1. The van der Waals surface area contributed by atoms with E-state index < -0.39 is 12.0 Å². The summed E-state index contributed by atoms with van der Waals surface area (Å²) in [4.78, 5) is 27.0. The number of urea groups is 1. The summed E-state index contributed by atoms with van der Waals surface area (Å²) >= 11 is 0. The van der Waals surface area contributed by atoms with E-state index in [0.29, 0.717) is 18.9 Å². The molecule has 5 nitrogen and oxygen atoms in total. The Morgan fingerprint density at radius 1 is 1.20 bits per heavy atom. The summed E-state index contributed by atoms with van der Waals surface area (Å²) in [5.41, 5.74) is 0.431. The van der Waals surface area contributed by atoms with E-state index in [-0.39, 0.29) is 16.9 Å². The first-order valence-corrected chi connectivity index (χ1v) is 7.55. The summed E-state index contributed by atoms with van der Waals surface area (Å²) in [6, 6.07) is -0.680. The molecule has 3 rings (SSSR count). The maximum Gasteiger partial charge on any atom is 0.326 e. The summed E-state index contributed by atoms with van der Waals surface area (Å²) in [5.74, 6) is -0.342. The number of piperidine rings is 1. The highest BCUT2D eigenvalue weighted by Gasteiger charge is 2.57. The second-order valence-electron chi connectivity index (χ2n) is 7.52. The standard InChI is InChI=1S/C15H24N2O3/c1-14(2)10-4-6-15(14,3)9-16(8-10)13(20)17-7-5-11(17)12(18)19/h10-11H,4-9H2,1-3H3,(H,18,19)/t10-,11?,15+/m1/s1. The maximum atomic E-state index is 12.6. The molecule has 112 valence electrons. The number of nitrogens with zero attached hydrogens (tertiary/aromatic N) is 2. The number of carbonyl (C=O) groups excluding carboxylic acids is 1. The van der Waals surface area contributed by atoms with E-state index in [1.54, 1.807) is 0 Å². The number of likely N-dealkylation sites (tertiary alicyclic amines) is 2. The van der Waals surface area contributed by atoms with E-state index in [1.807, 2.05) is 4.90 Å². The van der Waals surface area contributed by atoms with Crippen LogP contribution in [0, 0.1) is 16.7 Å². The zero-order valence-electron chi connectivity index (χ0n) is 12.6. The first kappa shape index (κ1) is 13.7. The van der Waals surface area contributed by atoms with Crippen LogP contribution in [-0.4, -0.2) is 52.6 Å². The van der Waals surface area contributed by atoms with Crippen LogP contribution in [0.15, 0.2) is 0 Å². The van der Waals surface area contributed by atoms with Crippen LogP contribution >= 0.6 is 0 Å². The highest BCUT2D eigenvalue weighted by Crippen LogP contribution is 2.59. The molecule has 1 unspecified atom stereocenters. The predicted octanol–water partition coefficient (Wildman–Crippen LogP) is 2.02. The molecule has 5 heteroatoms. The molecule has 3 atom stereocenters. The lowest BCUT2D eigenvalue weighted by Crippen LogP contribution is -2.63. The van der Waals surface area contributed by atoms with Crippen molar-refractivity contribution in [2.24, 2.45) is 16.7 Å². The van der Waals surface area contributed by atoms with Gasteiger partial charge in [-0.1, -0.05) is 20.8 Å². The number of amides is 2. The highest BCUT2D eigenvalue weighted by atomic mass is 16.4. The molecule has 2 saturated heterocycles. The van der Waals surface area contributed by atoms with Crippen LogP contribution in [0.4, 0.5) is 4.79 Å². The number of hydrogen-bond donors (Lipinski definition) is 1. The fourth-order valence-electron chi connectivity index (χ4n) is 4.22. The van der Waals surface area contributed by atoms with Gasteiger partial charge >= 0.3 is 12.0 Å². The third-order valence-electron chi connectivity index (χ3n) is 6.42. The van der Waals surface area contributed by atoms with Crippen molar-refractivity contribution in [3.8, 4) is 0 Å². The maximum absolute atomic E-state index is 12.6. The average molecular weight is 280 g/mol. The molecule has 3 fully saturated rings. The predicted molar refractivity (Wildman–Crippen MR) is 74.3 cm³/mol. The van der Waals surface area contributed by atoms with Gasteiger partial charge in [0.15, 0.2) is 0 Å². The Labute approximate surface area is 119 Å². The molecule has 0 radical (unpaired) electrons. The largest absolute Gasteiger partial charge is 0.480 e. The van der Waals surface area contributed by atoms with E-state index in [9.17, 15) is 9.59 Å². The molecule has 0 aromatic rings. The van der Waals surface area contributed by atoms with Crippen molar-refractivity contribution >= 4 is 12.0 Å². The smallest absolute Gasteiger partial charge is 0.326 e. The first-order chi connectivity index (χ1) is 9.26. The molecule has 2 heterocycles. The van der Waals surface area contributed by atoms with Gasteiger partial charge in [0.25, 0.3) is 0 Å². The zero-order valence-corrected chi connectivity index (χ0v) is 12.6. The van der Waals surface area contributed by atoms with Gasteiger partial charge in [0.1, 0.15) is 6.04 Å². The van der Waals surface area contributed by atoms with E-state index in [0.717, 1.165) is 19.5 Å². The van der Waals surface area contributed by atoms with Crippen molar-refractivity contribution in [3.63, 3.8) is 0 Å². The molecule has 2 aliphatic heterocycles. The Hall–Kier alpha value is -1.26. The van der Waals surface area contributed by atoms with Gasteiger partial charge in [-0.15, -0.1) is 0 Å². The van der Waals surface area contributed by atoms with Crippen LogP contribution in [0.25, 0.3) is 0 Å². The lowest BCUT2D eigenvalue weighted by atomic mass is 9.63. The summed E-state index contributed by atoms with van der Waals surface area (Å²) in [5, 5.41) is 9.09. The molecule has 0 aromatic heterocycles. The van der Waals surface area contributed by atoms with Crippen LogP contribution in [0.3, 0.4) is 0 Å². The minimum atomic E-state index is -0.879. The summed E-state index contributed by atoms with van der Waals surface area (Å²) in [6.07, 6.45) is 2.92. The van der Waals surface area contributed by atoms with Crippen molar-refractivity contribution in [1.82, 2.24) is 9.80 Å². The summed E-state index contributed by atoms with van der Waals surface area (Å²) < 4.78 is 0. The molecule has 1 N–H and O–H groups in total.